The number of carbonyl (C=O) groups excluding carboxylic acids is 2. The number of ketones is 1. The minimum absolute atomic E-state index is 0.0530. The highest BCUT2D eigenvalue weighted by Crippen LogP contribution is 2.35. The van der Waals surface area contributed by atoms with Crippen LogP contribution in [0, 0.1) is 0 Å². The smallest absolute Gasteiger partial charge is 0.387 e. The Morgan fingerprint density at radius 2 is 1.69 bits per heavy atom. The molecule has 0 N–H and O–H groups in total. The fraction of sp³-hybridized carbons (Fsp3) is 0.0909. The molecule has 164 valence electrons. The SMILES string of the molecule is O=C(OCc1cc(Cl)ccc1OC(F)F)c1ccc2c(c1)S(=O)(=O)c1ccccc1C2=O. The van der Waals surface area contributed by atoms with Gasteiger partial charge in [-0.3, -0.25) is 4.79 Å². The summed E-state index contributed by atoms with van der Waals surface area (Å²) in [7, 11) is -4.03. The van der Waals surface area contributed by atoms with Crippen LogP contribution in [-0.4, -0.2) is 26.8 Å². The molecule has 1 aliphatic heterocycles. The van der Waals surface area contributed by atoms with Crippen LogP contribution >= 0.6 is 11.6 Å². The molecule has 0 bridgehead atoms. The lowest BCUT2D eigenvalue weighted by molar-refractivity contribution is -0.0510. The average Bonchev–Trinajstić information content (AvgIpc) is 2.77. The van der Waals surface area contributed by atoms with E-state index >= 15 is 0 Å². The van der Waals surface area contributed by atoms with Crippen LogP contribution in [0.3, 0.4) is 0 Å². The molecular weight excluding hydrogens is 466 g/mol. The van der Waals surface area contributed by atoms with Gasteiger partial charge in [0.1, 0.15) is 12.4 Å². The normalized spacial score (nSPS) is 13.9. The maximum atomic E-state index is 13.0. The number of esters is 1. The molecule has 0 saturated carbocycles. The molecule has 0 aromatic heterocycles. The number of alkyl halides is 2. The van der Waals surface area contributed by atoms with Crippen molar-refractivity contribution >= 4 is 33.2 Å². The van der Waals surface area contributed by atoms with E-state index in [2.05, 4.69) is 4.74 Å². The van der Waals surface area contributed by atoms with Crippen LogP contribution in [0.2, 0.25) is 5.02 Å². The molecule has 3 aromatic rings. The van der Waals surface area contributed by atoms with E-state index in [-0.39, 0.29) is 42.8 Å². The van der Waals surface area contributed by atoms with Crippen LogP contribution in [0.5, 0.6) is 5.75 Å². The van der Waals surface area contributed by atoms with Crippen molar-refractivity contribution in [2.45, 2.75) is 23.0 Å². The van der Waals surface area contributed by atoms with Crippen LogP contribution in [0.15, 0.2) is 70.5 Å². The number of rotatable bonds is 5. The average molecular weight is 479 g/mol. The standard InChI is InChI=1S/C22H13ClF2O6S/c23-14-6-8-17(31-22(24)25)13(9-14)11-30-21(27)12-5-7-16-19(10-12)32(28,29)18-4-2-1-3-15(18)20(16)26/h1-10,22H,11H2. The second kappa shape index (κ2) is 8.33. The number of halogens is 3. The van der Waals surface area contributed by atoms with Gasteiger partial charge in [0.25, 0.3) is 0 Å². The van der Waals surface area contributed by atoms with E-state index in [0.29, 0.717) is 0 Å². The van der Waals surface area contributed by atoms with Crippen molar-refractivity contribution < 1.29 is 36.3 Å². The molecule has 0 atom stereocenters. The first-order valence-electron chi connectivity index (χ1n) is 9.11. The first kappa shape index (κ1) is 21.9. The Kier molecular flexibility index (Phi) is 5.70. The Morgan fingerprint density at radius 1 is 0.969 bits per heavy atom. The number of sulfone groups is 1. The third-order valence-corrected chi connectivity index (χ3v) is 6.86. The zero-order valence-electron chi connectivity index (χ0n) is 16.0. The van der Waals surface area contributed by atoms with E-state index in [1.54, 1.807) is 6.07 Å². The van der Waals surface area contributed by atoms with Crippen LogP contribution in [0.25, 0.3) is 0 Å². The second-order valence-electron chi connectivity index (χ2n) is 6.75. The summed E-state index contributed by atoms with van der Waals surface area (Å²) in [5.41, 5.74) is -0.0238. The molecular formula is C22H13ClF2O6S. The van der Waals surface area contributed by atoms with Gasteiger partial charge >= 0.3 is 12.6 Å². The molecule has 0 saturated heterocycles. The first-order valence-corrected chi connectivity index (χ1v) is 11.0. The van der Waals surface area contributed by atoms with Crippen LogP contribution in [-0.2, 0) is 21.2 Å². The fourth-order valence-corrected chi connectivity index (χ4v) is 5.18. The van der Waals surface area contributed by atoms with Crippen molar-refractivity contribution in [1.82, 2.24) is 0 Å². The molecule has 0 fully saturated rings. The van der Waals surface area contributed by atoms with Crippen LogP contribution in [0.1, 0.15) is 31.8 Å². The van der Waals surface area contributed by atoms with Gasteiger partial charge in [0.05, 0.1) is 15.4 Å². The maximum absolute atomic E-state index is 13.0. The summed E-state index contributed by atoms with van der Waals surface area (Å²) in [6, 6.07) is 13.2. The maximum Gasteiger partial charge on any atom is 0.387 e. The van der Waals surface area contributed by atoms with E-state index in [9.17, 15) is 26.8 Å². The minimum atomic E-state index is -4.03. The van der Waals surface area contributed by atoms with Crippen molar-refractivity contribution in [2.24, 2.45) is 0 Å². The lowest BCUT2D eigenvalue weighted by Crippen LogP contribution is -2.21. The summed E-state index contributed by atoms with van der Waals surface area (Å²) in [5.74, 6) is -1.61. The minimum Gasteiger partial charge on any atom is -0.457 e. The van der Waals surface area contributed by atoms with Gasteiger partial charge in [-0.05, 0) is 48.5 Å². The zero-order valence-corrected chi connectivity index (χ0v) is 17.6. The van der Waals surface area contributed by atoms with Gasteiger partial charge in [-0.2, -0.15) is 8.78 Å². The van der Waals surface area contributed by atoms with Crippen molar-refractivity contribution in [1.29, 1.82) is 0 Å². The second-order valence-corrected chi connectivity index (χ2v) is 9.07. The number of hydrogen-bond donors (Lipinski definition) is 0. The lowest BCUT2D eigenvalue weighted by atomic mass is 10.0. The van der Waals surface area contributed by atoms with E-state index < -0.39 is 34.8 Å². The van der Waals surface area contributed by atoms with Gasteiger partial charge in [0.2, 0.25) is 9.84 Å². The summed E-state index contributed by atoms with van der Waals surface area (Å²) in [4.78, 5) is 24.8. The largest absolute Gasteiger partial charge is 0.457 e. The summed E-state index contributed by atoms with van der Waals surface area (Å²) in [6.07, 6.45) is 0. The van der Waals surface area contributed by atoms with Gasteiger partial charge in [0, 0.05) is 21.7 Å². The van der Waals surface area contributed by atoms with Crippen molar-refractivity contribution in [2.75, 3.05) is 0 Å². The van der Waals surface area contributed by atoms with E-state index in [4.69, 9.17) is 16.3 Å². The highest BCUT2D eigenvalue weighted by atomic mass is 35.5. The first-order chi connectivity index (χ1) is 15.2. The van der Waals surface area contributed by atoms with Gasteiger partial charge in [-0.1, -0.05) is 23.7 Å². The Bertz CT molecular complexity index is 1350. The molecule has 0 aliphatic carbocycles. The Balaban J connectivity index is 1.62. The lowest BCUT2D eigenvalue weighted by Gasteiger charge is -2.19. The predicted molar refractivity (Wildman–Crippen MR) is 109 cm³/mol. The Hall–Kier alpha value is -3.30. The summed E-state index contributed by atoms with van der Waals surface area (Å²) in [5, 5.41) is 0.217. The third kappa shape index (κ3) is 3.96. The molecule has 32 heavy (non-hydrogen) atoms. The molecule has 6 nitrogen and oxygen atoms in total. The molecule has 1 heterocycles. The van der Waals surface area contributed by atoms with Gasteiger partial charge in [0.15, 0.2) is 5.78 Å². The monoisotopic (exact) mass is 478 g/mol. The van der Waals surface area contributed by atoms with Gasteiger partial charge in [-0.15, -0.1) is 0 Å². The fourth-order valence-electron chi connectivity index (χ4n) is 3.31. The van der Waals surface area contributed by atoms with E-state index in [0.717, 1.165) is 6.07 Å². The molecule has 0 radical (unpaired) electrons. The number of ether oxygens (including phenoxy) is 2. The van der Waals surface area contributed by atoms with Crippen molar-refractivity contribution in [3.8, 4) is 5.75 Å². The third-order valence-electron chi connectivity index (χ3n) is 4.77. The van der Waals surface area contributed by atoms with Gasteiger partial charge < -0.3 is 9.47 Å². The highest BCUT2D eigenvalue weighted by molar-refractivity contribution is 7.91. The van der Waals surface area contributed by atoms with Crippen molar-refractivity contribution in [3.05, 3.63) is 87.9 Å². The van der Waals surface area contributed by atoms with Crippen LogP contribution in [0.4, 0.5) is 8.78 Å². The number of benzene rings is 3. The quantitative estimate of drug-likeness (QED) is 0.387. The van der Waals surface area contributed by atoms with Gasteiger partial charge in [-0.25, -0.2) is 13.2 Å². The van der Waals surface area contributed by atoms with E-state index in [1.807, 2.05) is 0 Å². The number of fused-ring (bicyclic) bond motifs is 2. The predicted octanol–water partition coefficient (Wildman–Crippen LogP) is 4.68. The summed E-state index contributed by atoms with van der Waals surface area (Å²) in [6.45, 7) is -3.54. The molecule has 0 unspecified atom stereocenters. The molecule has 0 spiro atoms. The van der Waals surface area contributed by atoms with Crippen molar-refractivity contribution in [3.63, 3.8) is 0 Å². The summed E-state index contributed by atoms with van der Waals surface area (Å²) < 4.78 is 60.7. The topological polar surface area (TPSA) is 86.7 Å². The van der Waals surface area contributed by atoms with E-state index in [1.165, 1.54) is 48.5 Å². The van der Waals surface area contributed by atoms with Crippen LogP contribution < -0.4 is 4.74 Å². The molecule has 3 aromatic carbocycles. The number of hydrogen-bond acceptors (Lipinski definition) is 6. The Morgan fingerprint density at radius 3 is 2.44 bits per heavy atom. The molecule has 1 aliphatic rings. The Labute approximate surface area is 186 Å². The molecule has 4 rings (SSSR count). The highest BCUT2D eigenvalue weighted by Gasteiger charge is 2.35. The zero-order chi connectivity index (χ0) is 23.0. The molecule has 0 amide bonds. The molecule has 10 heteroatoms. The number of carbonyl (C=O) groups is 2. The summed E-state index contributed by atoms with van der Waals surface area (Å²) >= 11 is 5.87.